The van der Waals surface area contributed by atoms with Crippen LogP contribution in [0.15, 0.2) is 17.3 Å². The summed E-state index contributed by atoms with van der Waals surface area (Å²) in [6, 6.07) is 3.73. The SMILES string of the molecule is CC1Oc2cc3nc(S)[nH]c3cc2O1. The van der Waals surface area contributed by atoms with Crippen molar-refractivity contribution in [1.29, 1.82) is 0 Å². The first-order valence-electron chi connectivity index (χ1n) is 4.28. The van der Waals surface area contributed by atoms with Crippen molar-refractivity contribution in [2.75, 3.05) is 0 Å². The summed E-state index contributed by atoms with van der Waals surface area (Å²) < 4.78 is 10.9. The van der Waals surface area contributed by atoms with E-state index in [1.165, 1.54) is 0 Å². The number of rotatable bonds is 0. The van der Waals surface area contributed by atoms with E-state index in [0.29, 0.717) is 5.16 Å². The van der Waals surface area contributed by atoms with E-state index in [1.807, 2.05) is 19.1 Å². The van der Waals surface area contributed by atoms with Crippen LogP contribution in [0.3, 0.4) is 0 Å². The van der Waals surface area contributed by atoms with Crippen molar-refractivity contribution >= 4 is 23.7 Å². The summed E-state index contributed by atoms with van der Waals surface area (Å²) in [5.74, 6) is 1.49. The third-order valence-electron chi connectivity index (χ3n) is 2.12. The Kier molecular flexibility index (Phi) is 1.47. The van der Waals surface area contributed by atoms with E-state index in [-0.39, 0.29) is 6.29 Å². The van der Waals surface area contributed by atoms with Crippen LogP contribution in [0, 0.1) is 0 Å². The second-order valence-electron chi connectivity index (χ2n) is 3.18. The lowest BCUT2D eigenvalue weighted by Crippen LogP contribution is -2.11. The fourth-order valence-electron chi connectivity index (χ4n) is 1.57. The zero-order valence-corrected chi connectivity index (χ0v) is 8.34. The second kappa shape index (κ2) is 2.57. The van der Waals surface area contributed by atoms with Gasteiger partial charge >= 0.3 is 0 Å². The molecule has 1 aliphatic heterocycles. The van der Waals surface area contributed by atoms with Crippen LogP contribution in [0.25, 0.3) is 11.0 Å². The average molecular weight is 208 g/mol. The van der Waals surface area contributed by atoms with Crippen LogP contribution in [0.4, 0.5) is 0 Å². The van der Waals surface area contributed by atoms with Crippen molar-refractivity contribution in [2.45, 2.75) is 18.4 Å². The summed E-state index contributed by atoms with van der Waals surface area (Å²) in [6.07, 6.45) is -0.216. The van der Waals surface area contributed by atoms with Crippen LogP contribution in [-0.4, -0.2) is 16.3 Å². The Hall–Kier alpha value is -1.36. The maximum Gasteiger partial charge on any atom is 0.238 e. The molecule has 2 heterocycles. The molecule has 0 amide bonds. The highest BCUT2D eigenvalue weighted by atomic mass is 32.1. The number of aromatic amines is 1. The third kappa shape index (κ3) is 1.05. The largest absolute Gasteiger partial charge is 0.451 e. The number of nitrogens with zero attached hydrogens (tertiary/aromatic N) is 1. The molecule has 1 unspecified atom stereocenters. The zero-order chi connectivity index (χ0) is 9.71. The average Bonchev–Trinajstić information content (AvgIpc) is 2.59. The summed E-state index contributed by atoms with van der Waals surface area (Å²) in [6.45, 7) is 1.85. The van der Waals surface area contributed by atoms with Gasteiger partial charge in [-0.15, -0.1) is 12.6 Å². The molecule has 0 aliphatic carbocycles. The van der Waals surface area contributed by atoms with Crippen molar-refractivity contribution in [2.24, 2.45) is 0 Å². The van der Waals surface area contributed by atoms with Crippen LogP contribution in [0.5, 0.6) is 11.5 Å². The topological polar surface area (TPSA) is 47.1 Å². The molecule has 4 nitrogen and oxygen atoms in total. The first-order valence-corrected chi connectivity index (χ1v) is 4.73. The summed E-state index contributed by atoms with van der Waals surface area (Å²) >= 11 is 4.13. The quantitative estimate of drug-likeness (QED) is 0.651. The monoisotopic (exact) mass is 208 g/mol. The van der Waals surface area contributed by atoms with Gasteiger partial charge in [0.15, 0.2) is 16.7 Å². The number of H-pyrrole nitrogens is 1. The van der Waals surface area contributed by atoms with Gasteiger partial charge in [-0.05, 0) is 0 Å². The molecule has 1 aromatic carbocycles. The predicted octanol–water partition coefficient (Wildman–Crippen LogP) is 1.97. The van der Waals surface area contributed by atoms with E-state index >= 15 is 0 Å². The van der Waals surface area contributed by atoms with Crippen molar-refractivity contribution in [1.82, 2.24) is 9.97 Å². The van der Waals surface area contributed by atoms with Gasteiger partial charge in [0, 0.05) is 19.1 Å². The van der Waals surface area contributed by atoms with Crippen molar-refractivity contribution < 1.29 is 9.47 Å². The van der Waals surface area contributed by atoms with Crippen LogP contribution in [0.2, 0.25) is 0 Å². The third-order valence-corrected chi connectivity index (χ3v) is 2.33. The van der Waals surface area contributed by atoms with E-state index in [4.69, 9.17) is 9.47 Å². The van der Waals surface area contributed by atoms with Gasteiger partial charge < -0.3 is 14.5 Å². The number of imidazole rings is 1. The van der Waals surface area contributed by atoms with Crippen LogP contribution >= 0.6 is 12.6 Å². The molecule has 1 N–H and O–H groups in total. The summed E-state index contributed by atoms with van der Waals surface area (Å²) in [5.41, 5.74) is 1.75. The molecule has 1 aliphatic rings. The molecule has 0 saturated heterocycles. The second-order valence-corrected chi connectivity index (χ2v) is 3.60. The van der Waals surface area contributed by atoms with E-state index in [2.05, 4.69) is 22.6 Å². The van der Waals surface area contributed by atoms with E-state index in [1.54, 1.807) is 0 Å². The summed E-state index contributed by atoms with van der Waals surface area (Å²) in [4.78, 5) is 7.21. The van der Waals surface area contributed by atoms with E-state index < -0.39 is 0 Å². The molecule has 2 aromatic rings. The van der Waals surface area contributed by atoms with Gasteiger partial charge in [-0.3, -0.25) is 0 Å². The Morgan fingerprint density at radius 1 is 1.36 bits per heavy atom. The number of benzene rings is 1. The van der Waals surface area contributed by atoms with Crippen molar-refractivity contribution in [3.8, 4) is 11.5 Å². The number of hydrogen-bond donors (Lipinski definition) is 2. The lowest BCUT2D eigenvalue weighted by Gasteiger charge is -1.99. The van der Waals surface area contributed by atoms with Gasteiger partial charge in [0.05, 0.1) is 11.0 Å². The molecule has 0 saturated carbocycles. The molecular formula is C9H8N2O2S. The normalized spacial score (nSPS) is 15.3. The standard InChI is InChI=1S/C9H8N2O2S/c1-4-12-7-2-5-6(3-8(7)13-4)11-9(14)10-5/h2-4H,1H3,(H2,10,11,14). The molecule has 3 rings (SSSR count). The molecule has 0 radical (unpaired) electrons. The minimum absolute atomic E-state index is 0.216. The maximum absolute atomic E-state index is 5.43. The fraction of sp³-hybridized carbons (Fsp3) is 0.222. The van der Waals surface area contributed by atoms with Crippen LogP contribution in [-0.2, 0) is 0 Å². The maximum atomic E-state index is 5.43. The van der Waals surface area contributed by atoms with Crippen LogP contribution < -0.4 is 9.47 Å². The number of nitrogens with one attached hydrogen (secondary N) is 1. The number of aromatic nitrogens is 2. The molecule has 0 fully saturated rings. The fourth-order valence-corrected chi connectivity index (χ4v) is 1.80. The number of ether oxygens (including phenoxy) is 2. The number of fused-ring (bicyclic) bond motifs is 2. The Bertz CT molecular complexity index is 466. The van der Waals surface area contributed by atoms with Gasteiger partial charge in [-0.1, -0.05) is 0 Å². The summed E-state index contributed by atoms with van der Waals surface area (Å²) in [5, 5.41) is 0.594. The van der Waals surface area contributed by atoms with Gasteiger partial charge in [0.1, 0.15) is 0 Å². The molecular weight excluding hydrogens is 200 g/mol. The highest BCUT2D eigenvalue weighted by molar-refractivity contribution is 7.80. The molecule has 1 aromatic heterocycles. The first kappa shape index (κ1) is 7.99. The Balaban J connectivity index is 2.25. The van der Waals surface area contributed by atoms with Gasteiger partial charge in [-0.2, -0.15) is 0 Å². The first-order chi connectivity index (χ1) is 6.72. The van der Waals surface area contributed by atoms with Gasteiger partial charge in [-0.25, -0.2) is 4.98 Å². The number of hydrogen-bond acceptors (Lipinski definition) is 4. The highest BCUT2D eigenvalue weighted by Crippen LogP contribution is 2.37. The summed E-state index contributed by atoms with van der Waals surface area (Å²) in [7, 11) is 0. The van der Waals surface area contributed by atoms with Gasteiger partial charge in [0.2, 0.25) is 6.29 Å². The van der Waals surface area contributed by atoms with Crippen LogP contribution in [0.1, 0.15) is 6.92 Å². The Morgan fingerprint density at radius 3 is 2.86 bits per heavy atom. The van der Waals surface area contributed by atoms with Crippen molar-refractivity contribution in [3.05, 3.63) is 12.1 Å². The Labute approximate surface area is 85.6 Å². The Morgan fingerprint density at radius 2 is 2.07 bits per heavy atom. The highest BCUT2D eigenvalue weighted by Gasteiger charge is 2.21. The lowest BCUT2D eigenvalue weighted by molar-refractivity contribution is 0.0679. The molecule has 0 bridgehead atoms. The van der Waals surface area contributed by atoms with Crippen molar-refractivity contribution in [3.63, 3.8) is 0 Å². The van der Waals surface area contributed by atoms with E-state index in [9.17, 15) is 0 Å². The lowest BCUT2D eigenvalue weighted by atomic mass is 10.3. The minimum Gasteiger partial charge on any atom is -0.451 e. The molecule has 14 heavy (non-hydrogen) atoms. The minimum atomic E-state index is -0.216. The molecule has 0 spiro atoms. The van der Waals surface area contributed by atoms with Gasteiger partial charge in [0.25, 0.3) is 0 Å². The smallest absolute Gasteiger partial charge is 0.238 e. The zero-order valence-electron chi connectivity index (χ0n) is 7.44. The molecule has 5 heteroatoms. The number of thiol groups is 1. The molecule has 72 valence electrons. The molecule has 1 atom stereocenters. The van der Waals surface area contributed by atoms with E-state index in [0.717, 1.165) is 22.5 Å². The predicted molar refractivity (Wildman–Crippen MR) is 54.1 cm³/mol.